The fourth-order valence-electron chi connectivity index (χ4n) is 3.01. The number of aryl methyl sites for hydroxylation is 1. The van der Waals surface area contributed by atoms with E-state index < -0.39 is 0 Å². The Bertz CT molecular complexity index is 1150. The van der Waals surface area contributed by atoms with Gasteiger partial charge in [-0.3, -0.25) is 13.8 Å². The van der Waals surface area contributed by atoms with E-state index in [2.05, 4.69) is 48.0 Å². The predicted molar refractivity (Wildman–Crippen MR) is 114 cm³/mol. The summed E-state index contributed by atoms with van der Waals surface area (Å²) in [7, 11) is 0. The van der Waals surface area contributed by atoms with Crippen molar-refractivity contribution in [1.29, 1.82) is 0 Å². The topological polar surface area (TPSA) is 52.2 Å². The van der Waals surface area contributed by atoms with Crippen molar-refractivity contribution in [2.45, 2.75) is 37.2 Å². The Morgan fingerprint density at radius 1 is 1.22 bits per heavy atom. The van der Waals surface area contributed by atoms with Gasteiger partial charge in [-0.15, -0.1) is 21.5 Å². The quantitative estimate of drug-likeness (QED) is 0.419. The van der Waals surface area contributed by atoms with Gasteiger partial charge in [-0.05, 0) is 29.0 Å². The lowest BCUT2D eigenvalue weighted by atomic mass is 10.1. The average molecular weight is 397 g/mol. The molecule has 0 spiro atoms. The maximum absolute atomic E-state index is 12.8. The van der Waals surface area contributed by atoms with E-state index in [9.17, 15) is 4.79 Å². The summed E-state index contributed by atoms with van der Waals surface area (Å²) in [6, 6.07) is 10.3. The number of benzene rings is 1. The van der Waals surface area contributed by atoms with E-state index in [-0.39, 0.29) is 5.56 Å². The van der Waals surface area contributed by atoms with E-state index in [1.54, 1.807) is 16.3 Å². The molecule has 0 amide bonds. The lowest BCUT2D eigenvalue weighted by Crippen LogP contribution is -2.22. The van der Waals surface area contributed by atoms with Crippen LogP contribution >= 0.6 is 23.1 Å². The van der Waals surface area contributed by atoms with E-state index in [1.807, 2.05) is 21.9 Å². The van der Waals surface area contributed by atoms with Gasteiger partial charge < -0.3 is 0 Å². The van der Waals surface area contributed by atoms with Crippen molar-refractivity contribution in [3.05, 3.63) is 63.8 Å². The highest BCUT2D eigenvalue weighted by molar-refractivity contribution is 7.98. The third-order valence-electron chi connectivity index (χ3n) is 4.50. The van der Waals surface area contributed by atoms with Crippen LogP contribution in [0, 0.1) is 0 Å². The molecule has 0 atom stereocenters. The Labute approximate surface area is 165 Å². The van der Waals surface area contributed by atoms with Crippen LogP contribution in [0.5, 0.6) is 0 Å². The SMILES string of the molecule is C=Cc1ccc(CSc2nnc3n(CCCC)c(=O)c4sccc4n23)cc1. The molecule has 0 saturated heterocycles. The van der Waals surface area contributed by atoms with Gasteiger partial charge in [0.15, 0.2) is 5.16 Å². The number of aromatic nitrogens is 4. The van der Waals surface area contributed by atoms with Crippen molar-refractivity contribution in [1.82, 2.24) is 19.2 Å². The zero-order valence-corrected chi connectivity index (χ0v) is 16.7. The fourth-order valence-corrected chi connectivity index (χ4v) is 4.73. The van der Waals surface area contributed by atoms with Gasteiger partial charge in [0.05, 0.1) is 5.52 Å². The van der Waals surface area contributed by atoms with Crippen LogP contribution in [-0.4, -0.2) is 19.2 Å². The zero-order chi connectivity index (χ0) is 18.8. The minimum absolute atomic E-state index is 0.0323. The molecule has 3 heterocycles. The first kappa shape index (κ1) is 18.0. The maximum atomic E-state index is 12.8. The summed E-state index contributed by atoms with van der Waals surface area (Å²) < 4.78 is 4.54. The molecule has 4 rings (SSSR count). The molecule has 0 N–H and O–H groups in total. The molecule has 3 aromatic heterocycles. The maximum Gasteiger partial charge on any atom is 0.272 e. The van der Waals surface area contributed by atoms with Crippen LogP contribution in [0.15, 0.2) is 52.2 Å². The van der Waals surface area contributed by atoms with Gasteiger partial charge in [0.2, 0.25) is 5.78 Å². The van der Waals surface area contributed by atoms with E-state index in [0.29, 0.717) is 12.3 Å². The zero-order valence-electron chi connectivity index (χ0n) is 15.1. The van der Waals surface area contributed by atoms with Crippen LogP contribution in [-0.2, 0) is 12.3 Å². The molecule has 4 aromatic rings. The molecule has 5 nitrogen and oxygen atoms in total. The number of thiophene rings is 1. The van der Waals surface area contributed by atoms with E-state index >= 15 is 0 Å². The summed E-state index contributed by atoms with van der Waals surface area (Å²) in [5, 5.41) is 11.5. The van der Waals surface area contributed by atoms with Gasteiger partial charge in [-0.25, -0.2) is 0 Å². The second-order valence-corrected chi connectivity index (χ2v) is 8.16. The monoisotopic (exact) mass is 396 g/mol. The second kappa shape index (κ2) is 7.70. The smallest absolute Gasteiger partial charge is 0.272 e. The molecule has 0 bridgehead atoms. The highest BCUT2D eigenvalue weighted by atomic mass is 32.2. The molecule has 0 aliphatic carbocycles. The van der Waals surface area contributed by atoms with Crippen molar-refractivity contribution in [3.63, 3.8) is 0 Å². The minimum atomic E-state index is 0.0323. The van der Waals surface area contributed by atoms with Gasteiger partial charge in [-0.1, -0.05) is 62.0 Å². The molecule has 7 heteroatoms. The normalized spacial score (nSPS) is 11.4. The number of thioether (sulfide) groups is 1. The second-order valence-electron chi connectivity index (χ2n) is 6.30. The summed E-state index contributed by atoms with van der Waals surface area (Å²) in [5.41, 5.74) is 3.24. The van der Waals surface area contributed by atoms with Crippen LogP contribution in [0.4, 0.5) is 0 Å². The third-order valence-corrected chi connectivity index (χ3v) is 6.39. The van der Waals surface area contributed by atoms with E-state index in [4.69, 9.17) is 0 Å². The first-order chi connectivity index (χ1) is 13.2. The predicted octanol–water partition coefficient (Wildman–Crippen LogP) is 4.84. The lowest BCUT2D eigenvalue weighted by Gasteiger charge is -2.08. The molecule has 0 unspecified atom stereocenters. The van der Waals surface area contributed by atoms with Crippen molar-refractivity contribution in [2.75, 3.05) is 0 Å². The highest BCUT2D eigenvalue weighted by Gasteiger charge is 2.17. The molecule has 0 saturated carbocycles. The summed E-state index contributed by atoms with van der Waals surface area (Å²) in [6.45, 7) is 6.57. The summed E-state index contributed by atoms with van der Waals surface area (Å²) >= 11 is 3.11. The molecule has 0 radical (unpaired) electrons. The van der Waals surface area contributed by atoms with Gasteiger partial charge in [0.1, 0.15) is 4.70 Å². The first-order valence-electron chi connectivity index (χ1n) is 8.92. The van der Waals surface area contributed by atoms with Crippen molar-refractivity contribution >= 4 is 45.2 Å². The molecule has 1 aromatic carbocycles. The molecule has 138 valence electrons. The number of hydrogen-bond acceptors (Lipinski definition) is 5. The lowest BCUT2D eigenvalue weighted by molar-refractivity contribution is 0.621. The minimum Gasteiger partial charge on any atom is -0.276 e. The standard InChI is InChI=1S/C20H20N4OS2/c1-3-5-11-23-18(25)17-16(10-12-26-17)24-19(23)21-22-20(24)27-13-15-8-6-14(4-2)7-9-15/h4,6-10,12H,2-3,5,11,13H2,1H3. The van der Waals surface area contributed by atoms with Crippen molar-refractivity contribution in [3.8, 4) is 0 Å². The molecule has 0 aliphatic rings. The van der Waals surface area contributed by atoms with E-state index in [0.717, 1.165) is 39.5 Å². The Hall–Kier alpha value is -2.38. The van der Waals surface area contributed by atoms with Crippen molar-refractivity contribution < 1.29 is 0 Å². The van der Waals surface area contributed by atoms with Gasteiger partial charge in [-0.2, -0.15) is 0 Å². The summed E-state index contributed by atoms with van der Waals surface area (Å²) in [4.78, 5) is 12.8. The molecule has 0 aliphatic heterocycles. The first-order valence-corrected chi connectivity index (χ1v) is 10.8. The van der Waals surface area contributed by atoms with Crippen LogP contribution in [0.3, 0.4) is 0 Å². The van der Waals surface area contributed by atoms with Crippen LogP contribution < -0.4 is 5.56 Å². The molecule has 27 heavy (non-hydrogen) atoms. The summed E-state index contributed by atoms with van der Waals surface area (Å²) in [6.07, 6.45) is 3.81. The highest BCUT2D eigenvalue weighted by Crippen LogP contribution is 2.26. The van der Waals surface area contributed by atoms with E-state index in [1.165, 1.54) is 16.9 Å². The van der Waals surface area contributed by atoms with Crippen LogP contribution in [0.1, 0.15) is 30.9 Å². The number of fused-ring (bicyclic) bond motifs is 3. The van der Waals surface area contributed by atoms with Gasteiger partial charge in [0, 0.05) is 12.3 Å². The Morgan fingerprint density at radius 3 is 2.78 bits per heavy atom. The van der Waals surface area contributed by atoms with Gasteiger partial charge in [0.25, 0.3) is 5.56 Å². The Balaban J connectivity index is 1.74. The Morgan fingerprint density at radius 2 is 2.04 bits per heavy atom. The number of unbranched alkanes of at least 4 members (excludes halogenated alkanes) is 1. The Kier molecular flexibility index (Phi) is 5.13. The van der Waals surface area contributed by atoms with Crippen LogP contribution in [0.25, 0.3) is 22.1 Å². The molecule has 0 fully saturated rings. The average Bonchev–Trinajstić information content (AvgIpc) is 3.34. The summed E-state index contributed by atoms with van der Waals surface area (Å²) in [5.74, 6) is 1.42. The molecular weight excluding hydrogens is 376 g/mol. The van der Waals surface area contributed by atoms with Crippen molar-refractivity contribution in [2.24, 2.45) is 0 Å². The third kappa shape index (κ3) is 3.33. The fraction of sp³-hybridized carbons (Fsp3) is 0.250. The largest absolute Gasteiger partial charge is 0.276 e. The van der Waals surface area contributed by atoms with Gasteiger partial charge >= 0.3 is 0 Å². The number of nitrogens with zero attached hydrogens (tertiary/aromatic N) is 4. The number of hydrogen-bond donors (Lipinski definition) is 0. The van der Waals surface area contributed by atoms with Crippen LogP contribution in [0.2, 0.25) is 0 Å². The number of rotatable bonds is 7. The molecular formula is C20H20N4OS2.